The molecule has 0 radical (unpaired) electrons. The van der Waals surface area contributed by atoms with Crippen LogP contribution in [0.25, 0.3) is 0 Å². The molecule has 0 spiro atoms. The molecule has 0 amide bonds. The van der Waals surface area contributed by atoms with Gasteiger partial charge in [-0.05, 0) is 34.1 Å². The molecular formula is C11H8BrClN2O2S. The molecule has 0 atom stereocenters. The van der Waals surface area contributed by atoms with Gasteiger partial charge in [0, 0.05) is 9.50 Å². The second-order valence-corrected chi connectivity index (χ2v) is 5.59. The second-order valence-electron chi connectivity index (χ2n) is 3.27. The first-order chi connectivity index (χ1) is 8.60. The fourth-order valence-corrected chi connectivity index (χ4v) is 2.50. The molecule has 0 aliphatic heterocycles. The van der Waals surface area contributed by atoms with Crippen molar-refractivity contribution >= 4 is 55.7 Å². The lowest BCUT2D eigenvalue weighted by atomic mass is 10.3. The molecular weight excluding hydrogens is 340 g/mol. The number of halogens is 2. The van der Waals surface area contributed by atoms with E-state index in [0.29, 0.717) is 15.0 Å². The lowest BCUT2D eigenvalue weighted by Crippen LogP contribution is -1.96. The number of aromatic nitrogens is 1. The standard InChI is InChI=1S/C11H8BrClN2O2S/c1-17-10(16)9-5-14-11(18-9)15-8-4-6(13)2-3-7(8)12/h2-5H,1H3,(H,14,15). The van der Waals surface area contributed by atoms with Crippen molar-refractivity contribution in [3.05, 3.63) is 38.8 Å². The van der Waals surface area contributed by atoms with E-state index in [1.807, 2.05) is 6.07 Å². The molecule has 0 saturated heterocycles. The molecule has 2 aromatic rings. The Morgan fingerprint density at radius 2 is 2.33 bits per heavy atom. The molecule has 0 unspecified atom stereocenters. The Labute approximate surface area is 121 Å². The zero-order chi connectivity index (χ0) is 13.1. The highest BCUT2D eigenvalue weighted by molar-refractivity contribution is 9.10. The SMILES string of the molecule is COC(=O)c1cnc(Nc2cc(Cl)ccc2Br)s1. The lowest BCUT2D eigenvalue weighted by molar-refractivity contribution is 0.0606. The zero-order valence-corrected chi connectivity index (χ0v) is 12.4. The summed E-state index contributed by atoms with van der Waals surface area (Å²) in [5, 5.41) is 4.29. The van der Waals surface area contributed by atoms with Gasteiger partial charge in [-0.2, -0.15) is 0 Å². The van der Waals surface area contributed by atoms with Crippen LogP contribution in [0, 0.1) is 0 Å². The summed E-state index contributed by atoms with van der Waals surface area (Å²) in [5.41, 5.74) is 0.785. The third kappa shape index (κ3) is 3.01. The summed E-state index contributed by atoms with van der Waals surface area (Å²) >= 11 is 10.5. The molecule has 1 aromatic carbocycles. The Balaban J connectivity index is 2.21. The van der Waals surface area contributed by atoms with Crippen LogP contribution in [0.1, 0.15) is 9.67 Å². The van der Waals surface area contributed by atoms with E-state index >= 15 is 0 Å². The van der Waals surface area contributed by atoms with E-state index in [1.165, 1.54) is 24.6 Å². The van der Waals surface area contributed by atoms with E-state index in [-0.39, 0.29) is 0 Å². The number of hydrogen-bond donors (Lipinski definition) is 1. The molecule has 1 aromatic heterocycles. The van der Waals surface area contributed by atoms with Gasteiger partial charge in [-0.3, -0.25) is 0 Å². The molecule has 94 valence electrons. The topological polar surface area (TPSA) is 51.2 Å². The van der Waals surface area contributed by atoms with Crippen LogP contribution in [0.2, 0.25) is 5.02 Å². The molecule has 2 rings (SSSR count). The molecule has 1 N–H and O–H groups in total. The first-order valence-electron chi connectivity index (χ1n) is 4.86. The number of nitrogens with one attached hydrogen (secondary N) is 1. The van der Waals surface area contributed by atoms with Gasteiger partial charge in [-0.1, -0.05) is 22.9 Å². The van der Waals surface area contributed by atoms with Gasteiger partial charge in [-0.25, -0.2) is 9.78 Å². The van der Waals surface area contributed by atoms with Crippen LogP contribution in [0.3, 0.4) is 0 Å². The summed E-state index contributed by atoms with van der Waals surface area (Å²) in [6.07, 6.45) is 1.47. The van der Waals surface area contributed by atoms with Gasteiger partial charge in [0.25, 0.3) is 0 Å². The van der Waals surface area contributed by atoms with Crippen LogP contribution >= 0.6 is 38.9 Å². The lowest BCUT2D eigenvalue weighted by Gasteiger charge is -2.05. The van der Waals surface area contributed by atoms with Crippen molar-refractivity contribution in [3.63, 3.8) is 0 Å². The minimum absolute atomic E-state index is 0.397. The van der Waals surface area contributed by atoms with Crippen molar-refractivity contribution in [3.8, 4) is 0 Å². The molecule has 0 fully saturated rings. The van der Waals surface area contributed by atoms with Gasteiger partial charge in [0.15, 0.2) is 5.13 Å². The molecule has 0 saturated carbocycles. The highest BCUT2D eigenvalue weighted by Gasteiger charge is 2.11. The average Bonchev–Trinajstić information content (AvgIpc) is 2.81. The summed E-state index contributed by atoms with van der Waals surface area (Å²) in [4.78, 5) is 15.8. The Hall–Kier alpha value is -1.11. The van der Waals surface area contributed by atoms with Gasteiger partial charge >= 0.3 is 5.97 Å². The molecule has 4 nitrogen and oxygen atoms in total. The fraction of sp³-hybridized carbons (Fsp3) is 0.0909. The number of thiazole rings is 1. The van der Waals surface area contributed by atoms with E-state index in [9.17, 15) is 4.79 Å². The smallest absolute Gasteiger partial charge is 0.349 e. The number of rotatable bonds is 3. The Morgan fingerprint density at radius 1 is 1.56 bits per heavy atom. The summed E-state index contributed by atoms with van der Waals surface area (Å²) in [5.74, 6) is -0.397. The largest absolute Gasteiger partial charge is 0.465 e. The predicted molar refractivity (Wildman–Crippen MR) is 75.9 cm³/mol. The number of nitrogens with zero attached hydrogens (tertiary/aromatic N) is 1. The van der Waals surface area contributed by atoms with Crippen LogP contribution in [0.5, 0.6) is 0 Å². The summed E-state index contributed by atoms with van der Waals surface area (Å²) in [7, 11) is 1.34. The summed E-state index contributed by atoms with van der Waals surface area (Å²) < 4.78 is 5.48. The minimum Gasteiger partial charge on any atom is -0.465 e. The maximum atomic E-state index is 11.3. The van der Waals surface area contributed by atoms with Gasteiger partial charge in [0.1, 0.15) is 4.88 Å². The Morgan fingerprint density at radius 3 is 3.06 bits per heavy atom. The quantitative estimate of drug-likeness (QED) is 0.850. The molecule has 0 aliphatic carbocycles. The van der Waals surface area contributed by atoms with Crippen LogP contribution in [0.15, 0.2) is 28.9 Å². The first kappa shape index (κ1) is 13.3. The third-order valence-corrected chi connectivity index (χ3v) is 3.88. The van der Waals surface area contributed by atoms with Crippen LogP contribution in [-0.2, 0) is 4.74 Å². The average molecular weight is 348 g/mol. The van der Waals surface area contributed by atoms with Crippen LogP contribution in [0.4, 0.5) is 10.8 Å². The summed E-state index contributed by atoms with van der Waals surface area (Å²) in [6.45, 7) is 0. The number of hydrogen-bond acceptors (Lipinski definition) is 5. The molecule has 0 bridgehead atoms. The van der Waals surface area contributed by atoms with Crippen molar-refractivity contribution in [2.45, 2.75) is 0 Å². The minimum atomic E-state index is -0.397. The molecule has 0 aliphatic rings. The van der Waals surface area contributed by atoms with E-state index < -0.39 is 5.97 Å². The number of carbonyl (C=O) groups excluding carboxylic acids is 1. The maximum Gasteiger partial charge on any atom is 0.349 e. The molecule has 7 heteroatoms. The molecule has 18 heavy (non-hydrogen) atoms. The van der Waals surface area contributed by atoms with Crippen molar-refractivity contribution in [2.24, 2.45) is 0 Å². The number of benzene rings is 1. The van der Waals surface area contributed by atoms with Crippen LogP contribution < -0.4 is 5.32 Å². The second kappa shape index (κ2) is 5.69. The number of anilines is 2. The number of ether oxygens (including phenoxy) is 1. The highest BCUT2D eigenvalue weighted by Crippen LogP contribution is 2.30. The van der Waals surface area contributed by atoms with Gasteiger partial charge < -0.3 is 10.1 Å². The first-order valence-corrected chi connectivity index (χ1v) is 6.85. The monoisotopic (exact) mass is 346 g/mol. The van der Waals surface area contributed by atoms with Gasteiger partial charge in [0.2, 0.25) is 0 Å². The predicted octanol–water partition coefficient (Wildman–Crippen LogP) is 4.09. The fourth-order valence-electron chi connectivity index (χ4n) is 1.24. The Bertz CT molecular complexity index is 588. The van der Waals surface area contributed by atoms with E-state index in [1.54, 1.807) is 12.1 Å². The normalized spacial score (nSPS) is 10.2. The number of carbonyl (C=O) groups is 1. The summed E-state index contributed by atoms with van der Waals surface area (Å²) in [6, 6.07) is 5.38. The van der Waals surface area contributed by atoms with E-state index in [0.717, 1.165) is 10.2 Å². The van der Waals surface area contributed by atoms with Gasteiger partial charge in [-0.15, -0.1) is 0 Å². The zero-order valence-electron chi connectivity index (χ0n) is 9.24. The van der Waals surface area contributed by atoms with Crippen LogP contribution in [-0.4, -0.2) is 18.1 Å². The maximum absolute atomic E-state index is 11.3. The Kier molecular flexibility index (Phi) is 4.21. The van der Waals surface area contributed by atoms with Crippen molar-refractivity contribution in [1.82, 2.24) is 4.98 Å². The van der Waals surface area contributed by atoms with Crippen molar-refractivity contribution in [1.29, 1.82) is 0 Å². The van der Waals surface area contributed by atoms with Crippen molar-refractivity contribution in [2.75, 3.05) is 12.4 Å². The van der Waals surface area contributed by atoms with Gasteiger partial charge in [0.05, 0.1) is 19.0 Å². The van der Waals surface area contributed by atoms with E-state index in [4.69, 9.17) is 11.6 Å². The number of methoxy groups -OCH3 is 1. The third-order valence-electron chi connectivity index (χ3n) is 2.06. The number of esters is 1. The molecule has 1 heterocycles. The van der Waals surface area contributed by atoms with Crippen molar-refractivity contribution < 1.29 is 9.53 Å². The van der Waals surface area contributed by atoms with E-state index in [2.05, 4.69) is 31.0 Å². The highest BCUT2D eigenvalue weighted by atomic mass is 79.9.